The van der Waals surface area contributed by atoms with E-state index < -0.39 is 0 Å². The van der Waals surface area contributed by atoms with Crippen molar-refractivity contribution >= 4 is 0 Å². The van der Waals surface area contributed by atoms with Crippen molar-refractivity contribution < 1.29 is 5.11 Å². The number of piperidine rings is 1. The van der Waals surface area contributed by atoms with Gasteiger partial charge in [-0.3, -0.25) is 9.58 Å². The number of aliphatic hydroxyl groups is 1. The third-order valence-electron chi connectivity index (χ3n) is 3.35. The molecule has 2 rings (SSSR count). The highest BCUT2D eigenvalue weighted by Gasteiger charge is 2.19. The fraction of sp³-hybridized carbons (Fsp3) is 0.750. The van der Waals surface area contributed by atoms with Gasteiger partial charge in [-0.1, -0.05) is 0 Å². The van der Waals surface area contributed by atoms with Crippen LogP contribution >= 0.6 is 0 Å². The molecule has 0 amide bonds. The summed E-state index contributed by atoms with van der Waals surface area (Å²) in [5.41, 5.74) is 2.34. The zero-order chi connectivity index (χ0) is 11.5. The first-order valence-electron chi connectivity index (χ1n) is 6.01. The van der Waals surface area contributed by atoms with Gasteiger partial charge in [0.15, 0.2) is 0 Å². The Kier molecular flexibility index (Phi) is 3.61. The highest BCUT2D eigenvalue weighted by Crippen LogP contribution is 2.18. The van der Waals surface area contributed by atoms with Gasteiger partial charge >= 0.3 is 0 Å². The molecule has 4 nitrogen and oxygen atoms in total. The molecule has 0 radical (unpaired) electrons. The van der Waals surface area contributed by atoms with Gasteiger partial charge < -0.3 is 5.11 Å². The summed E-state index contributed by atoms with van der Waals surface area (Å²) in [6.07, 6.45) is 2.36. The Morgan fingerprint density at radius 3 is 3.00 bits per heavy atom. The number of rotatable bonds is 3. The third-order valence-corrected chi connectivity index (χ3v) is 3.35. The molecular formula is C12H21N3O. The van der Waals surface area contributed by atoms with E-state index in [4.69, 9.17) is 0 Å². The molecule has 2 heterocycles. The molecule has 1 aliphatic rings. The van der Waals surface area contributed by atoms with E-state index in [-0.39, 0.29) is 0 Å². The van der Waals surface area contributed by atoms with Crippen molar-refractivity contribution in [2.24, 2.45) is 13.0 Å². The van der Waals surface area contributed by atoms with Crippen molar-refractivity contribution in [1.29, 1.82) is 0 Å². The predicted octanol–water partition coefficient (Wildman–Crippen LogP) is 0.933. The first kappa shape index (κ1) is 11.6. The van der Waals surface area contributed by atoms with Gasteiger partial charge in [-0.2, -0.15) is 5.10 Å². The SMILES string of the molecule is Cc1cc(CN2CCCC(CO)C2)n(C)n1. The minimum absolute atomic E-state index is 0.320. The van der Waals surface area contributed by atoms with Gasteiger partial charge in [0.25, 0.3) is 0 Å². The van der Waals surface area contributed by atoms with Gasteiger partial charge in [-0.25, -0.2) is 0 Å². The van der Waals surface area contributed by atoms with Crippen LogP contribution in [0.2, 0.25) is 0 Å². The maximum absolute atomic E-state index is 9.19. The van der Waals surface area contributed by atoms with E-state index in [0.29, 0.717) is 12.5 Å². The summed E-state index contributed by atoms with van der Waals surface area (Å²) >= 11 is 0. The van der Waals surface area contributed by atoms with E-state index in [1.165, 1.54) is 12.1 Å². The Hall–Kier alpha value is -0.870. The van der Waals surface area contributed by atoms with Crippen LogP contribution < -0.4 is 0 Å². The van der Waals surface area contributed by atoms with Gasteiger partial charge in [-0.15, -0.1) is 0 Å². The van der Waals surface area contributed by atoms with Crippen molar-refractivity contribution in [3.05, 3.63) is 17.5 Å². The third kappa shape index (κ3) is 2.62. The van der Waals surface area contributed by atoms with Crippen molar-refractivity contribution in [3.8, 4) is 0 Å². The Balaban J connectivity index is 1.96. The zero-order valence-corrected chi connectivity index (χ0v) is 10.2. The quantitative estimate of drug-likeness (QED) is 0.829. The Morgan fingerprint density at radius 2 is 2.38 bits per heavy atom. The van der Waals surface area contributed by atoms with E-state index in [1.807, 2.05) is 18.7 Å². The van der Waals surface area contributed by atoms with E-state index in [0.717, 1.165) is 31.7 Å². The second-order valence-corrected chi connectivity index (χ2v) is 4.83. The minimum Gasteiger partial charge on any atom is -0.396 e. The van der Waals surface area contributed by atoms with Crippen LogP contribution in [-0.4, -0.2) is 39.5 Å². The lowest BCUT2D eigenvalue weighted by Gasteiger charge is -2.31. The highest BCUT2D eigenvalue weighted by atomic mass is 16.3. The van der Waals surface area contributed by atoms with Crippen LogP contribution in [0, 0.1) is 12.8 Å². The van der Waals surface area contributed by atoms with Gasteiger partial charge in [-0.05, 0) is 38.3 Å². The summed E-state index contributed by atoms with van der Waals surface area (Å²) in [5.74, 6) is 0.461. The number of aromatic nitrogens is 2. The van der Waals surface area contributed by atoms with Crippen molar-refractivity contribution in [1.82, 2.24) is 14.7 Å². The van der Waals surface area contributed by atoms with Crippen LogP contribution in [0.25, 0.3) is 0 Å². The molecule has 1 aromatic heterocycles. The number of nitrogens with zero attached hydrogens (tertiary/aromatic N) is 3. The lowest BCUT2D eigenvalue weighted by atomic mass is 9.99. The second kappa shape index (κ2) is 4.97. The Morgan fingerprint density at radius 1 is 1.56 bits per heavy atom. The first-order chi connectivity index (χ1) is 7.69. The first-order valence-corrected chi connectivity index (χ1v) is 6.01. The topological polar surface area (TPSA) is 41.3 Å². The van der Waals surface area contributed by atoms with Gasteiger partial charge in [0.1, 0.15) is 0 Å². The molecule has 0 spiro atoms. The smallest absolute Gasteiger partial charge is 0.0597 e. The predicted molar refractivity (Wildman–Crippen MR) is 63.0 cm³/mol. The fourth-order valence-corrected chi connectivity index (χ4v) is 2.49. The summed E-state index contributed by atoms with van der Waals surface area (Å²) in [4.78, 5) is 2.42. The summed E-state index contributed by atoms with van der Waals surface area (Å²) in [6.45, 7) is 5.45. The van der Waals surface area contributed by atoms with E-state index in [9.17, 15) is 5.11 Å². The summed E-state index contributed by atoms with van der Waals surface area (Å²) in [5, 5.41) is 13.5. The number of hydrogen-bond acceptors (Lipinski definition) is 3. The molecule has 1 atom stereocenters. The van der Waals surface area contributed by atoms with Crippen molar-refractivity contribution in [2.45, 2.75) is 26.3 Å². The maximum Gasteiger partial charge on any atom is 0.0597 e. The Labute approximate surface area is 96.9 Å². The zero-order valence-electron chi connectivity index (χ0n) is 10.2. The number of aliphatic hydroxyl groups excluding tert-OH is 1. The molecule has 0 aromatic carbocycles. The number of likely N-dealkylation sites (tertiary alicyclic amines) is 1. The number of hydrogen-bond donors (Lipinski definition) is 1. The van der Waals surface area contributed by atoms with Crippen molar-refractivity contribution in [2.75, 3.05) is 19.7 Å². The minimum atomic E-state index is 0.320. The monoisotopic (exact) mass is 223 g/mol. The second-order valence-electron chi connectivity index (χ2n) is 4.83. The van der Waals surface area contributed by atoms with Crippen molar-refractivity contribution in [3.63, 3.8) is 0 Å². The molecule has 1 aliphatic heterocycles. The molecule has 1 fully saturated rings. The van der Waals surface area contributed by atoms with Crippen LogP contribution in [0.15, 0.2) is 6.07 Å². The van der Waals surface area contributed by atoms with Gasteiger partial charge in [0, 0.05) is 26.7 Å². The molecule has 1 unspecified atom stereocenters. The van der Waals surface area contributed by atoms with Crippen LogP contribution in [0.5, 0.6) is 0 Å². The average Bonchev–Trinajstić information content (AvgIpc) is 2.58. The van der Waals surface area contributed by atoms with Crippen LogP contribution in [-0.2, 0) is 13.6 Å². The molecule has 0 saturated carbocycles. The lowest BCUT2D eigenvalue weighted by molar-refractivity contribution is 0.114. The van der Waals surface area contributed by atoms with Gasteiger partial charge in [0.2, 0.25) is 0 Å². The molecule has 0 aliphatic carbocycles. The summed E-state index contributed by atoms with van der Waals surface area (Å²) in [6, 6.07) is 2.14. The number of aryl methyl sites for hydroxylation is 2. The van der Waals surface area contributed by atoms with Crippen LogP contribution in [0.3, 0.4) is 0 Å². The van der Waals surface area contributed by atoms with Crippen LogP contribution in [0.1, 0.15) is 24.2 Å². The fourth-order valence-electron chi connectivity index (χ4n) is 2.49. The normalized spacial score (nSPS) is 22.6. The largest absolute Gasteiger partial charge is 0.396 e. The van der Waals surface area contributed by atoms with Gasteiger partial charge in [0.05, 0.1) is 11.4 Å². The standard InChI is InChI=1S/C12H21N3O/c1-10-6-12(14(2)13-10)8-15-5-3-4-11(7-15)9-16/h6,11,16H,3-5,7-9H2,1-2H3. The molecule has 1 saturated heterocycles. The van der Waals surface area contributed by atoms with E-state index in [1.54, 1.807) is 0 Å². The molecule has 4 heteroatoms. The van der Waals surface area contributed by atoms with E-state index in [2.05, 4.69) is 16.1 Å². The van der Waals surface area contributed by atoms with E-state index >= 15 is 0 Å². The van der Waals surface area contributed by atoms with Crippen LogP contribution in [0.4, 0.5) is 0 Å². The highest BCUT2D eigenvalue weighted by molar-refractivity contribution is 5.08. The molecule has 0 bridgehead atoms. The molecule has 1 N–H and O–H groups in total. The summed E-state index contributed by atoms with van der Waals surface area (Å²) in [7, 11) is 2.00. The molecule has 1 aromatic rings. The maximum atomic E-state index is 9.19. The lowest BCUT2D eigenvalue weighted by Crippen LogP contribution is -2.36. The Bertz CT molecular complexity index is 348. The summed E-state index contributed by atoms with van der Waals surface area (Å²) < 4.78 is 1.96. The molecule has 90 valence electrons. The molecular weight excluding hydrogens is 202 g/mol. The average molecular weight is 223 g/mol. The molecule has 16 heavy (non-hydrogen) atoms.